The van der Waals surface area contributed by atoms with Crippen molar-refractivity contribution in [1.82, 2.24) is 15.1 Å². The van der Waals surface area contributed by atoms with E-state index in [0.717, 1.165) is 47.1 Å². The van der Waals surface area contributed by atoms with Crippen molar-refractivity contribution < 1.29 is 4.52 Å². The number of nitrogens with two attached hydrogens (primary N) is 1. The number of hydrogen-bond donors (Lipinski definition) is 2. The Labute approximate surface area is 117 Å². The normalized spacial score (nSPS) is 14.6. The zero-order valence-corrected chi connectivity index (χ0v) is 12.0. The topological polar surface area (TPSA) is 89.9 Å². The molecule has 2 aromatic rings. The highest BCUT2D eigenvalue weighted by Crippen LogP contribution is 2.39. The molecule has 0 amide bonds. The molecule has 106 valence electrons. The molecule has 20 heavy (non-hydrogen) atoms. The number of aromatic nitrogens is 3. The highest BCUT2D eigenvalue weighted by Gasteiger charge is 2.27. The number of anilines is 2. The second kappa shape index (κ2) is 4.77. The molecule has 1 fully saturated rings. The zero-order valence-electron chi connectivity index (χ0n) is 12.0. The molecule has 1 aliphatic carbocycles. The molecule has 0 radical (unpaired) electrons. The van der Waals surface area contributed by atoms with Crippen molar-refractivity contribution in [3.05, 3.63) is 28.4 Å². The van der Waals surface area contributed by atoms with Gasteiger partial charge in [0.1, 0.15) is 23.2 Å². The minimum Gasteiger partial charge on any atom is -0.383 e. The van der Waals surface area contributed by atoms with Crippen LogP contribution in [0.2, 0.25) is 0 Å². The minimum absolute atomic E-state index is 0.484. The van der Waals surface area contributed by atoms with E-state index in [1.54, 1.807) is 0 Å². The number of aryl methyl sites for hydroxylation is 2. The van der Waals surface area contributed by atoms with E-state index in [1.165, 1.54) is 0 Å². The summed E-state index contributed by atoms with van der Waals surface area (Å²) in [4.78, 5) is 8.97. The first-order valence-electron chi connectivity index (χ1n) is 6.86. The van der Waals surface area contributed by atoms with Crippen LogP contribution in [-0.2, 0) is 6.54 Å². The number of nitrogens with one attached hydrogen (secondary N) is 1. The van der Waals surface area contributed by atoms with Crippen LogP contribution in [0, 0.1) is 20.8 Å². The molecule has 2 aromatic heterocycles. The molecule has 6 nitrogen and oxygen atoms in total. The molecule has 3 rings (SSSR count). The second-order valence-corrected chi connectivity index (χ2v) is 5.37. The lowest BCUT2D eigenvalue weighted by molar-refractivity contribution is 0.392. The Hall–Kier alpha value is -2.11. The van der Waals surface area contributed by atoms with Gasteiger partial charge in [-0.3, -0.25) is 0 Å². The summed E-state index contributed by atoms with van der Waals surface area (Å²) in [5.74, 6) is 3.53. The Balaban J connectivity index is 1.83. The maximum Gasteiger partial charge on any atom is 0.138 e. The highest BCUT2D eigenvalue weighted by molar-refractivity contribution is 5.55. The van der Waals surface area contributed by atoms with Crippen molar-refractivity contribution in [2.75, 3.05) is 11.1 Å². The van der Waals surface area contributed by atoms with Crippen LogP contribution >= 0.6 is 0 Å². The summed E-state index contributed by atoms with van der Waals surface area (Å²) < 4.78 is 5.16. The zero-order chi connectivity index (χ0) is 14.3. The lowest BCUT2D eigenvalue weighted by Gasteiger charge is -2.11. The smallest absolute Gasteiger partial charge is 0.138 e. The first kappa shape index (κ1) is 12.9. The summed E-state index contributed by atoms with van der Waals surface area (Å²) in [6.45, 7) is 6.41. The van der Waals surface area contributed by atoms with Gasteiger partial charge in [-0.15, -0.1) is 0 Å². The van der Waals surface area contributed by atoms with Crippen LogP contribution in [0.1, 0.15) is 47.2 Å². The molecular weight excluding hydrogens is 254 g/mol. The van der Waals surface area contributed by atoms with Gasteiger partial charge in [0.05, 0.1) is 5.69 Å². The first-order valence-corrected chi connectivity index (χ1v) is 6.86. The van der Waals surface area contributed by atoms with Crippen LogP contribution in [-0.4, -0.2) is 15.1 Å². The van der Waals surface area contributed by atoms with Gasteiger partial charge in [-0.05, 0) is 33.6 Å². The number of nitrogens with zero attached hydrogens (tertiary/aromatic N) is 3. The number of rotatable bonds is 4. The van der Waals surface area contributed by atoms with Gasteiger partial charge in [0.15, 0.2) is 0 Å². The Bertz CT molecular complexity index is 626. The van der Waals surface area contributed by atoms with Gasteiger partial charge in [0.25, 0.3) is 0 Å². The molecule has 1 saturated carbocycles. The van der Waals surface area contributed by atoms with E-state index in [0.29, 0.717) is 18.3 Å². The summed E-state index contributed by atoms with van der Waals surface area (Å²) in [6.07, 6.45) is 2.32. The van der Waals surface area contributed by atoms with Crippen molar-refractivity contribution >= 4 is 11.6 Å². The van der Waals surface area contributed by atoms with Gasteiger partial charge in [-0.2, -0.15) is 0 Å². The van der Waals surface area contributed by atoms with Gasteiger partial charge >= 0.3 is 0 Å². The van der Waals surface area contributed by atoms with Crippen molar-refractivity contribution in [3.8, 4) is 0 Å². The molecule has 0 saturated heterocycles. The van der Waals surface area contributed by atoms with Gasteiger partial charge in [-0.25, -0.2) is 9.97 Å². The van der Waals surface area contributed by atoms with E-state index in [2.05, 4.69) is 20.4 Å². The molecular formula is C14H19N5O. The van der Waals surface area contributed by atoms with Crippen molar-refractivity contribution in [3.63, 3.8) is 0 Å². The molecule has 0 aliphatic heterocycles. The Morgan fingerprint density at radius 2 is 2.00 bits per heavy atom. The second-order valence-electron chi connectivity index (χ2n) is 5.37. The van der Waals surface area contributed by atoms with E-state index in [1.807, 2.05) is 20.8 Å². The average Bonchev–Trinajstić information content (AvgIpc) is 3.20. The van der Waals surface area contributed by atoms with Crippen molar-refractivity contribution in [1.29, 1.82) is 0 Å². The standard InChI is InChI=1S/C14H19N5O/c1-7-12(15)17-14(10-4-5-10)18-13(7)16-6-11-8(2)19-20-9(11)3/h10H,4-6H2,1-3H3,(H3,15,16,17,18). The highest BCUT2D eigenvalue weighted by atomic mass is 16.5. The van der Waals surface area contributed by atoms with Gasteiger partial charge in [0.2, 0.25) is 0 Å². The van der Waals surface area contributed by atoms with E-state index >= 15 is 0 Å². The van der Waals surface area contributed by atoms with E-state index < -0.39 is 0 Å². The van der Waals surface area contributed by atoms with E-state index in [-0.39, 0.29) is 0 Å². The van der Waals surface area contributed by atoms with Gasteiger partial charge in [0, 0.05) is 23.6 Å². The maximum atomic E-state index is 5.97. The molecule has 0 spiro atoms. The molecule has 6 heteroatoms. The fraction of sp³-hybridized carbons (Fsp3) is 0.500. The van der Waals surface area contributed by atoms with Crippen LogP contribution in [0.4, 0.5) is 11.6 Å². The van der Waals surface area contributed by atoms with E-state index in [9.17, 15) is 0 Å². The summed E-state index contributed by atoms with van der Waals surface area (Å²) in [7, 11) is 0. The molecule has 0 unspecified atom stereocenters. The third-order valence-electron chi connectivity index (χ3n) is 3.76. The summed E-state index contributed by atoms with van der Waals surface area (Å²) in [6, 6.07) is 0. The Morgan fingerprint density at radius 1 is 1.25 bits per heavy atom. The first-order chi connectivity index (χ1) is 9.56. The third kappa shape index (κ3) is 2.33. The van der Waals surface area contributed by atoms with Gasteiger partial charge in [-0.1, -0.05) is 5.16 Å². The average molecular weight is 273 g/mol. The molecule has 0 bridgehead atoms. The maximum absolute atomic E-state index is 5.97. The number of nitrogen functional groups attached to an aromatic ring is 1. The fourth-order valence-electron chi connectivity index (χ4n) is 2.17. The van der Waals surface area contributed by atoms with Crippen molar-refractivity contribution in [2.45, 2.75) is 46.1 Å². The van der Waals surface area contributed by atoms with Crippen LogP contribution in [0.5, 0.6) is 0 Å². The lowest BCUT2D eigenvalue weighted by Crippen LogP contribution is -2.10. The van der Waals surface area contributed by atoms with Crippen LogP contribution in [0.15, 0.2) is 4.52 Å². The Morgan fingerprint density at radius 3 is 2.60 bits per heavy atom. The third-order valence-corrected chi connectivity index (χ3v) is 3.76. The van der Waals surface area contributed by atoms with Crippen LogP contribution < -0.4 is 11.1 Å². The predicted molar refractivity (Wildman–Crippen MR) is 76.5 cm³/mol. The predicted octanol–water partition coefficient (Wildman–Crippen LogP) is 2.46. The van der Waals surface area contributed by atoms with Crippen LogP contribution in [0.3, 0.4) is 0 Å². The molecule has 0 aromatic carbocycles. The Kier molecular flexibility index (Phi) is 3.08. The quantitative estimate of drug-likeness (QED) is 0.889. The van der Waals surface area contributed by atoms with Crippen molar-refractivity contribution in [2.24, 2.45) is 0 Å². The van der Waals surface area contributed by atoms with Crippen LogP contribution in [0.25, 0.3) is 0 Å². The molecule has 0 atom stereocenters. The minimum atomic E-state index is 0.484. The number of hydrogen-bond acceptors (Lipinski definition) is 6. The molecule has 3 N–H and O–H groups in total. The monoisotopic (exact) mass is 273 g/mol. The molecule has 1 aliphatic rings. The lowest BCUT2D eigenvalue weighted by atomic mass is 10.2. The summed E-state index contributed by atoms with van der Waals surface area (Å²) in [5, 5.41) is 7.28. The largest absolute Gasteiger partial charge is 0.383 e. The molecule has 2 heterocycles. The SMILES string of the molecule is Cc1noc(C)c1CNc1nc(C2CC2)nc(N)c1C. The summed E-state index contributed by atoms with van der Waals surface area (Å²) in [5.41, 5.74) is 8.83. The van der Waals surface area contributed by atoms with Gasteiger partial charge < -0.3 is 15.6 Å². The summed E-state index contributed by atoms with van der Waals surface area (Å²) >= 11 is 0. The van der Waals surface area contributed by atoms with E-state index in [4.69, 9.17) is 10.3 Å². The fourth-order valence-corrected chi connectivity index (χ4v) is 2.17.